The molecule has 1 N–H and O–H groups in total. The van der Waals surface area contributed by atoms with Crippen LogP contribution in [0.2, 0.25) is 0 Å². The molecule has 0 spiro atoms. The molecule has 20 heavy (non-hydrogen) atoms. The molecule has 0 radical (unpaired) electrons. The molecule has 2 rings (SSSR count). The maximum atomic E-state index is 4.59. The Bertz CT molecular complexity index is 397. The van der Waals surface area contributed by atoms with Gasteiger partial charge in [0.2, 0.25) is 0 Å². The van der Waals surface area contributed by atoms with E-state index in [0.717, 1.165) is 36.6 Å². The summed E-state index contributed by atoms with van der Waals surface area (Å²) in [4.78, 5) is 0. The fraction of sp³-hybridized carbons (Fsp3) is 0.824. The van der Waals surface area contributed by atoms with Crippen molar-refractivity contribution in [1.29, 1.82) is 0 Å². The molecule has 1 fully saturated rings. The minimum Gasteiger partial charge on any atom is -0.317 e. The summed E-state index contributed by atoms with van der Waals surface area (Å²) >= 11 is 0. The van der Waals surface area contributed by atoms with E-state index < -0.39 is 0 Å². The Morgan fingerprint density at radius 3 is 2.75 bits per heavy atom. The van der Waals surface area contributed by atoms with Crippen LogP contribution in [0, 0.1) is 23.7 Å². The van der Waals surface area contributed by atoms with Crippen molar-refractivity contribution in [3.05, 3.63) is 18.0 Å². The van der Waals surface area contributed by atoms with Crippen LogP contribution in [0.25, 0.3) is 0 Å². The summed E-state index contributed by atoms with van der Waals surface area (Å²) in [6.07, 6.45) is 7.39. The van der Waals surface area contributed by atoms with Gasteiger partial charge in [0.15, 0.2) is 0 Å². The highest BCUT2D eigenvalue weighted by molar-refractivity contribution is 5.01. The Morgan fingerprint density at radius 1 is 1.35 bits per heavy atom. The molecule has 0 aromatic carbocycles. The average Bonchev–Trinajstić information content (AvgIpc) is 2.82. The standard InChI is InChI=1S/C17H31N3/c1-5-18-12-15-7-6-14(13(2)3)10-16(15)11-17-8-9-20(4)19-17/h8-9,13-16,18H,5-7,10-12H2,1-4H3. The Hall–Kier alpha value is -0.830. The number of nitrogens with zero attached hydrogens (tertiary/aromatic N) is 2. The van der Waals surface area contributed by atoms with Crippen molar-refractivity contribution in [2.24, 2.45) is 30.7 Å². The van der Waals surface area contributed by atoms with Gasteiger partial charge >= 0.3 is 0 Å². The fourth-order valence-corrected chi connectivity index (χ4v) is 3.66. The highest BCUT2D eigenvalue weighted by Crippen LogP contribution is 2.38. The molecule has 1 heterocycles. The fourth-order valence-electron chi connectivity index (χ4n) is 3.66. The highest BCUT2D eigenvalue weighted by Gasteiger charge is 2.31. The molecule has 0 bridgehead atoms. The lowest BCUT2D eigenvalue weighted by Gasteiger charge is -2.38. The van der Waals surface area contributed by atoms with E-state index in [-0.39, 0.29) is 0 Å². The number of aromatic nitrogens is 2. The van der Waals surface area contributed by atoms with Crippen molar-refractivity contribution in [3.8, 4) is 0 Å². The van der Waals surface area contributed by atoms with Gasteiger partial charge in [0.05, 0.1) is 5.69 Å². The summed E-state index contributed by atoms with van der Waals surface area (Å²) < 4.78 is 1.93. The van der Waals surface area contributed by atoms with Gasteiger partial charge < -0.3 is 5.32 Å². The second-order valence-corrected chi connectivity index (χ2v) is 6.83. The molecule has 3 nitrogen and oxygen atoms in total. The number of rotatable bonds is 6. The quantitative estimate of drug-likeness (QED) is 0.865. The topological polar surface area (TPSA) is 29.9 Å². The molecule has 3 heteroatoms. The largest absolute Gasteiger partial charge is 0.317 e. The number of hydrogen-bond donors (Lipinski definition) is 1. The summed E-state index contributed by atoms with van der Waals surface area (Å²) in [5, 5.41) is 8.14. The van der Waals surface area contributed by atoms with E-state index in [9.17, 15) is 0 Å². The van der Waals surface area contributed by atoms with Crippen LogP contribution in [0.15, 0.2) is 12.3 Å². The lowest BCUT2D eigenvalue weighted by molar-refractivity contribution is 0.144. The first-order valence-electron chi connectivity index (χ1n) is 8.29. The van der Waals surface area contributed by atoms with E-state index in [4.69, 9.17) is 0 Å². The van der Waals surface area contributed by atoms with Crippen LogP contribution in [-0.4, -0.2) is 22.9 Å². The lowest BCUT2D eigenvalue weighted by Crippen LogP contribution is -2.35. The Balaban J connectivity index is 2.00. The summed E-state index contributed by atoms with van der Waals surface area (Å²) in [5.74, 6) is 3.35. The average molecular weight is 277 g/mol. The SMILES string of the molecule is CCNCC1CCC(C(C)C)CC1Cc1ccn(C)n1. The van der Waals surface area contributed by atoms with Crippen molar-refractivity contribution >= 4 is 0 Å². The van der Waals surface area contributed by atoms with Crippen molar-refractivity contribution < 1.29 is 0 Å². The molecule has 3 atom stereocenters. The Morgan fingerprint density at radius 2 is 2.15 bits per heavy atom. The second kappa shape index (κ2) is 7.26. The number of nitrogens with one attached hydrogen (secondary N) is 1. The molecular formula is C17H31N3. The third-order valence-corrected chi connectivity index (χ3v) is 5.02. The van der Waals surface area contributed by atoms with Crippen LogP contribution in [0.5, 0.6) is 0 Å². The Labute approximate surface area is 124 Å². The van der Waals surface area contributed by atoms with Crippen LogP contribution >= 0.6 is 0 Å². The highest BCUT2D eigenvalue weighted by atomic mass is 15.2. The van der Waals surface area contributed by atoms with E-state index in [2.05, 4.69) is 43.4 Å². The van der Waals surface area contributed by atoms with Gasteiger partial charge in [-0.25, -0.2) is 0 Å². The van der Waals surface area contributed by atoms with E-state index in [1.807, 2.05) is 11.7 Å². The first-order chi connectivity index (χ1) is 9.60. The van der Waals surface area contributed by atoms with Crippen LogP contribution < -0.4 is 5.32 Å². The molecular weight excluding hydrogens is 246 g/mol. The van der Waals surface area contributed by atoms with Crippen molar-refractivity contribution in [2.75, 3.05) is 13.1 Å². The minimum atomic E-state index is 0.796. The maximum Gasteiger partial charge on any atom is 0.0627 e. The predicted octanol–water partition coefficient (Wildman–Crippen LogP) is 3.26. The number of aryl methyl sites for hydroxylation is 1. The molecule has 1 aliphatic carbocycles. The zero-order valence-electron chi connectivity index (χ0n) is 13.6. The summed E-state index contributed by atoms with van der Waals surface area (Å²) in [6.45, 7) is 9.23. The summed E-state index contributed by atoms with van der Waals surface area (Å²) in [6, 6.07) is 2.18. The van der Waals surface area contributed by atoms with Gasteiger partial charge in [-0.15, -0.1) is 0 Å². The summed E-state index contributed by atoms with van der Waals surface area (Å²) in [5.41, 5.74) is 1.27. The van der Waals surface area contributed by atoms with Crippen LogP contribution in [0.4, 0.5) is 0 Å². The maximum absolute atomic E-state index is 4.59. The van der Waals surface area contributed by atoms with Gasteiger partial charge in [-0.05, 0) is 68.5 Å². The predicted molar refractivity (Wildman–Crippen MR) is 84.6 cm³/mol. The molecule has 1 saturated carbocycles. The second-order valence-electron chi connectivity index (χ2n) is 6.83. The smallest absolute Gasteiger partial charge is 0.0627 e. The van der Waals surface area contributed by atoms with E-state index in [1.54, 1.807) is 0 Å². The third-order valence-electron chi connectivity index (χ3n) is 5.02. The molecule has 3 unspecified atom stereocenters. The molecule has 0 aliphatic heterocycles. The van der Waals surface area contributed by atoms with E-state index in [0.29, 0.717) is 0 Å². The monoisotopic (exact) mass is 277 g/mol. The van der Waals surface area contributed by atoms with Crippen LogP contribution in [0.3, 0.4) is 0 Å². The summed E-state index contributed by atoms with van der Waals surface area (Å²) in [7, 11) is 2.01. The number of hydrogen-bond acceptors (Lipinski definition) is 2. The first kappa shape index (κ1) is 15.6. The van der Waals surface area contributed by atoms with Gasteiger partial charge in [0, 0.05) is 13.2 Å². The van der Waals surface area contributed by atoms with E-state index in [1.165, 1.54) is 31.5 Å². The van der Waals surface area contributed by atoms with Crippen LogP contribution in [0.1, 0.15) is 45.7 Å². The van der Waals surface area contributed by atoms with Gasteiger partial charge in [-0.2, -0.15) is 5.10 Å². The van der Waals surface area contributed by atoms with Gasteiger partial charge in [-0.1, -0.05) is 20.8 Å². The molecule has 114 valence electrons. The van der Waals surface area contributed by atoms with Crippen molar-refractivity contribution in [1.82, 2.24) is 15.1 Å². The van der Waals surface area contributed by atoms with Crippen molar-refractivity contribution in [3.63, 3.8) is 0 Å². The zero-order chi connectivity index (χ0) is 14.5. The first-order valence-corrected chi connectivity index (χ1v) is 8.29. The molecule has 1 aromatic rings. The van der Waals surface area contributed by atoms with Gasteiger partial charge in [0.25, 0.3) is 0 Å². The molecule has 1 aliphatic rings. The Kier molecular flexibility index (Phi) is 5.64. The van der Waals surface area contributed by atoms with Crippen LogP contribution in [-0.2, 0) is 13.5 Å². The molecule has 1 aromatic heterocycles. The molecule has 0 amide bonds. The van der Waals surface area contributed by atoms with Crippen molar-refractivity contribution in [2.45, 2.75) is 46.5 Å². The minimum absolute atomic E-state index is 0.796. The third kappa shape index (κ3) is 4.08. The zero-order valence-corrected chi connectivity index (χ0v) is 13.6. The molecule has 0 saturated heterocycles. The van der Waals surface area contributed by atoms with Gasteiger partial charge in [-0.3, -0.25) is 4.68 Å². The lowest BCUT2D eigenvalue weighted by atomic mass is 9.69. The normalized spacial score (nSPS) is 27.1. The van der Waals surface area contributed by atoms with E-state index >= 15 is 0 Å². The van der Waals surface area contributed by atoms with Gasteiger partial charge in [0.1, 0.15) is 0 Å².